The van der Waals surface area contributed by atoms with Gasteiger partial charge in [-0.3, -0.25) is 4.79 Å². The van der Waals surface area contributed by atoms with Gasteiger partial charge in [-0.2, -0.15) is 9.94 Å². The molecule has 1 atom stereocenters. The first kappa shape index (κ1) is 15.8. The van der Waals surface area contributed by atoms with Crippen molar-refractivity contribution in [2.45, 2.75) is 6.04 Å². The standard InChI is InChI=1S/C14H10ClFN6O2/c15-9-5-4-8(7-10(9)16)12(13-18-20-21-19-13)17-14(23)11-3-1-2-6-22(11)24/h1-7,12H,(H,17,23)(H,18,19,20,21). The molecule has 0 spiro atoms. The first-order chi connectivity index (χ1) is 11.6. The Labute approximate surface area is 139 Å². The van der Waals surface area contributed by atoms with Gasteiger partial charge in [0.2, 0.25) is 5.82 Å². The van der Waals surface area contributed by atoms with Crippen molar-refractivity contribution in [1.29, 1.82) is 0 Å². The Balaban J connectivity index is 1.96. The molecule has 0 radical (unpaired) electrons. The number of aromatic nitrogens is 5. The Bertz CT molecular complexity index is 873. The lowest BCUT2D eigenvalue weighted by Crippen LogP contribution is -2.40. The first-order valence-electron chi connectivity index (χ1n) is 6.73. The molecule has 0 saturated heterocycles. The molecular weight excluding hydrogens is 339 g/mol. The van der Waals surface area contributed by atoms with Crippen LogP contribution in [0.5, 0.6) is 0 Å². The van der Waals surface area contributed by atoms with E-state index in [-0.39, 0.29) is 16.5 Å². The third kappa shape index (κ3) is 3.15. The highest BCUT2D eigenvalue weighted by Crippen LogP contribution is 2.23. The minimum Gasteiger partial charge on any atom is -0.618 e. The minimum atomic E-state index is -0.914. The normalized spacial score (nSPS) is 11.9. The molecule has 122 valence electrons. The highest BCUT2D eigenvalue weighted by molar-refractivity contribution is 6.30. The highest BCUT2D eigenvalue weighted by Gasteiger charge is 2.25. The van der Waals surface area contributed by atoms with Crippen molar-refractivity contribution in [3.8, 4) is 0 Å². The SMILES string of the molecule is O=C(NC(c1ccc(Cl)c(F)c1)c1nn[nH]n1)c1cccc[n+]1[O-]. The van der Waals surface area contributed by atoms with E-state index in [1.54, 1.807) is 6.07 Å². The summed E-state index contributed by atoms with van der Waals surface area (Å²) in [5, 5.41) is 27.5. The zero-order valence-electron chi connectivity index (χ0n) is 12.0. The monoisotopic (exact) mass is 348 g/mol. The van der Waals surface area contributed by atoms with E-state index in [1.165, 1.54) is 30.5 Å². The molecule has 0 fully saturated rings. The van der Waals surface area contributed by atoms with Crippen molar-refractivity contribution in [3.63, 3.8) is 0 Å². The number of nitrogens with zero attached hydrogens (tertiary/aromatic N) is 4. The molecule has 0 aliphatic heterocycles. The van der Waals surface area contributed by atoms with Gasteiger partial charge in [-0.15, -0.1) is 10.2 Å². The van der Waals surface area contributed by atoms with Gasteiger partial charge in [0.15, 0.2) is 6.20 Å². The van der Waals surface area contributed by atoms with Crippen LogP contribution in [0.4, 0.5) is 4.39 Å². The van der Waals surface area contributed by atoms with E-state index >= 15 is 0 Å². The molecule has 0 saturated carbocycles. The third-order valence-corrected chi connectivity index (χ3v) is 3.54. The number of halogens is 2. The number of amides is 1. The first-order valence-corrected chi connectivity index (χ1v) is 7.11. The number of carbonyl (C=O) groups excluding carboxylic acids is 1. The third-order valence-electron chi connectivity index (χ3n) is 3.23. The van der Waals surface area contributed by atoms with Gasteiger partial charge < -0.3 is 10.5 Å². The van der Waals surface area contributed by atoms with Gasteiger partial charge in [0, 0.05) is 12.1 Å². The van der Waals surface area contributed by atoms with Crippen LogP contribution in [0.1, 0.15) is 27.9 Å². The molecule has 2 heterocycles. The average molecular weight is 349 g/mol. The Morgan fingerprint density at radius 3 is 2.88 bits per heavy atom. The number of rotatable bonds is 4. The number of carbonyl (C=O) groups is 1. The van der Waals surface area contributed by atoms with E-state index in [4.69, 9.17) is 11.6 Å². The largest absolute Gasteiger partial charge is 0.618 e. The van der Waals surface area contributed by atoms with E-state index in [0.717, 1.165) is 6.07 Å². The number of tetrazole rings is 1. The van der Waals surface area contributed by atoms with E-state index < -0.39 is 17.8 Å². The van der Waals surface area contributed by atoms with Crippen LogP contribution in [0.25, 0.3) is 0 Å². The number of benzene rings is 1. The highest BCUT2D eigenvalue weighted by atomic mass is 35.5. The van der Waals surface area contributed by atoms with Crippen molar-refractivity contribution in [3.05, 3.63) is 75.7 Å². The molecule has 2 N–H and O–H groups in total. The van der Waals surface area contributed by atoms with E-state index in [0.29, 0.717) is 10.3 Å². The number of hydrogen-bond acceptors (Lipinski definition) is 5. The smallest absolute Gasteiger partial charge is 0.318 e. The summed E-state index contributed by atoms with van der Waals surface area (Å²) >= 11 is 5.68. The molecule has 0 bridgehead atoms. The Morgan fingerprint density at radius 1 is 1.38 bits per heavy atom. The van der Waals surface area contributed by atoms with Crippen LogP contribution in [0.15, 0.2) is 42.6 Å². The number of pyridine rings is 1. The fourth-order valence-corrected chi connectivity index (χ4v) is 2.21. The van der Waals surface area contributed by atoms with E-state index in [2.05, 4.69) is 25.9 Å². The maximum atomic E-state index is 13.7. The van der Waals surface area contributed by atoms with Crippen molar-refractivity contribution < 1.29 is 13.9 Å². The van der Waals surface area contributed by atoms with Gasteiger partial charge in [-0.1, -0.05) is 22.9 Å². The summed E-state index contributed by atoms with van der Waals surface area (Å²) in [5.74, 6) is -1.22. The molecule has 8 nitrogen and oxygen atoms in total. The Morgan fingerprint density at radius 2 is 2.21 bits per heavy atom. The predicted octanol–water partition coefficient (Wildman–Crippen LogP) is 1.14. The summed E-state index contributed by atoms with van der Waals surface area (Å²) in [6, 6.07) is 7.51. The molecule has 3 aromatic rings. The summed E-state index contributed by atoms with van der Waals surface area (Å²) < 4.78 is 14.2. The molecule has 2 aromatic heterocycles. The lowest BCUT2D eigenvalue weighted by molar-refractivity contribution is -0.607. The average Bonchev–Trinajstić information content (AvgIpc) is 3.10. The van der Waals surface area contributed by atoms with Crippen molar-refractivity contribution >= 4 is 17.5 Å². The fourth-order valence-electron chi connectivity index (χ4n) is 2.09. The second-order valence-corrected chi connectivity index (χ2v) is 5.17. The molecule has 1 amide bonds. The summed E-state index contributed by atoms with van der Waals surface area (Å²) in [7, 11) is 0. The quantitative estimate of drug-likeness (QED) is 0.542. The second-order valence-electron chi connectivity index (χ2n) is 4.76. The lowest BCUT2D eigenvalue weighted by atomic mass is 10.1. The topological polar surface area (TPSA) is 110 Å². The maximum Gasteiger partial charge on any atom is 0.318 e. The van der Waals surface area contributed by atoms with Crippen molar-refractivity contribution in [1.82, 2.24) is 25.9 Å². The van der Waals surface area contributed by atoms with Crippen LogP contribution < -0.4 is 10.0 Å². The summed E-state index contributed by atoms with van der Waals surface area (Å²) in [5.41, 5.74) is 0.223. The number of H-pyrrole nitrogens is 1. The van der Waals surface area contributed by atoms with Crippen LogP contribution >= 0.6 is 11.6 Å². The summed E-state index contributed by atoms with van der Waals surface area (Å²) in [6.07, 6.45) is 1.19. The summed E-state index contributed by atoms with van der Waals surface area (Å²) in [6.45, 7) is 0. The second kappa shape index (κ2) is 6.59. The van der Waals surface area contributed by atoms with Gasteiger partial charge in [0.05, 0.1) is 5.02 Å². The molecule has 3 rings (SSSR count). The van der Waals surface area contributed by atoms with Crippen LogP contribution in [-0.2, 0) is 0 Å². The predicted molar refractivity (Wildman–Crippen MR) is 80.3 cm³/mol. The van der Waals surface area contributed by atoms with Crippen LogP contribution in [-0.4, -0.2) is 26.5 Å². The lowest BCUT2D eigenvalue weighted by Gasteiger charge is -2.15. The molecule has 1 aromatic carbocycles. The molecule has 24 heavy (non-hydrogen) atoms. The van der Waals surface area contributed by atoms with Gasteiger partial charge in [-0.05, 0) is 23.8 Å². The van der Waals surface area contributed by atoms with Crippen molar-refractivity contribution in [2.75, 3.05) is 0 Å². The molecule has 1 unspecified atom stereocenters. The van der Waals surface area contributed by atoms with Gasteiger partial charge >= 0.3 is 5.91 Å². The van der Waals surface area contributed by atoms with E-state index in [1.807, 2.05) is 0 Å². The molecule has 0 aliphatic rings. The Hall–Kier alpha value is -3.07. The number of aromatic amines is 1. The zero-order chi connectivity index (χ0) is 17.1. The van der Waals surface area contributed by atoms with Gasteiger partial charge in [-0.25, -0.2) is 4.39 Å². The molecule has 0 aliphatic carbocycles. The minimum absolute atomic E-state index is 0.0580. The van der Waals surface area contributed by atoms with Crippen LogP contribution in [0, 0.1) is 11.0 Å². The molecule has 10 heteroatoms. The van der Waals surface area contributed by atoms with Crippen molar-refractivity contribution in [2.24, 2.45) is 0 Å². The van der Waals surface area contributed by atoms with Crippen LogP contribution in [0.2, 0.25) is 5.02 Å². The fraction of sp³-hybridized carbons (Fsp3) is 0.0714. The molecular formula is C14H10ClFN6O2. The Kier molecular flexibility index (Phi) is 4.34. The zero-order valence-corrected chi connectivity index (χ0v) is 12.7. The number of nitrogens with one attached hydrogen (secondary N) is 2. The summed E-state index contributed by atoms with van der Waals surface area (Å²) in [4.78, 5) is 12.4. The van der Waals surface area contributed by atoms with E-state index in [9.17, 15) is 14.4 Å². The number of hydrogen-bond donors (Lipinski definition) is 2. The van der Waals surface area contributed by atoms with Gasteiger partial charge in [0.25, 0.3) is 5.69 Å². The maximum absolute atomic E-state index is 13.7. The van der Waals surface area contributed by atoms with Gasteiger partial charge in [0.1, 0.15) is 11.9 Å². The van der Waals surface area contributed by atoms with Crippen LogP contribution in [0.3, 0.4) is 0 Å².